The van der Waals surface area contributed by atoms with Crippen molar-refractivity contribution in [2.75, 3.05) is 24.3 Å². The van der Waals surface area contributed by atoms with Crippen molar-refractivity contribution in [3.05, 3.63) is 34.1 Å². The van der Waals surface area contributed by atoms with Crippen LogP contribution < -0.4 is 5.32 Å². The predicted octanol–water partition coefficient (Wildman–Crippen LogP) is 4.88. The number of nitrogens with zero attached hydrogens (tertiary/aromatic N) is 3. The Hall–Kier alpha value is -3.12. The first-order valence-corrected chi connectivity index (χ1v) is 12.9. The van der Waals surface area contributed by atoms with E-state index < -0.39 is 11.9 Å². The van der Waals surface area contributed by atoms with E-state index in [1.807, 2.05) is 31.4 Å². The Labute approximate surface area is 211 Å². The van der Waals surface area contributed by atoms with Gasteiger partial charge in [0.05, 0.1) is 36.4 Å². The molecule has 12 heteroatoms. The largest absolute Gasteiger partial charge is 0.469 e. The topological polar surface area (TPSA) is 126 Å². The van der Waals surface area contributed by atoms with Gasteiger partial charge in [-0.3, -0.25) is 9.36 Å². The third-order valence-electron chi connectivity index (χ3n) is 4.95. The Balaban J connectivity index is 1.81. The number of nitrogens with one attached hydrogen (secondary N) is 1. The number of thiophene rings is 1. The molecule has 0 radical (unpaired) electrons. The van der Waals surface area contributed by atoms with E-state index in [2.05, 4.69) is 15.5 Å². The summed E-state index contributed by atoms with van der Waals surface area (Å²) in [5.74, 6) is -0.126. The molecule has 3 aromatic heterocycles. The lowest BCUT2D eigenvalue weighted by Crippen LogP contribution is -2.17. The van der Waals surface area contributed by atoms with Crippen LogP contribution in [0.1, 0.15) is 65.1 Å². The molecule has 1 N–H and O–H groups in total. The summed E-state index contributed by atoms with van der Waals surface area (Å²) in [6.07, 6.45) is 1.60. The van der Waals surface area contributed by atoms with Gasteiger partial charge in [0.1, 0.15) is 15.6 Å². The molecule has 0 bridgehead atoms. The molecule has 10 nitrogen and oxygen atoms in total. The number of hydrogen-bond donors (Lipinski definition) is 1. The zero-order chi connectivity index (χ0) is 25.7. The highest BCUT2D eigenvalue weighted by molar-refractivity contribution is 7.99. The van der Waals surface area contributed by atoms with Crippen LogP contribution in [0.5, 0.6) is 0 Å². The quantitative estimate of drug-likeness (QED) is 0.294. The van der Waals surface area contributed by atoms with Gasteiger partial charge in [0.15, 0.2) is 11.0 Å². The zero-order valence-electron chi connectivity index (χ0n) is 20.5. The molecule has 188 valence electrons. The van der Waals surface area contributed by atoms with E-state index in [-0.39, 0.29) is 46.4 Å². The van der Waals surface area contributed by atoms with Crippen LogP contribution in [0.2, 0.25) is 0 Å². The normalized spacial score (nSPS) is 11.1. The van der Waals surface area contributed by atoms with E-state index in [9.17, 15) is 14.4 Å². The van der Waals surface area contributed by atoms with Crippen LogP contribution in [0.3, 0.4) is 0 Å². The summed E-state index contributed by atoms with van der Waals surface area (Å²) in [4.78, 5) is 38.0. The number of carbonyl (C=O) groups is 3. The summed E-state index contributed by atoms with van der Waals surface area (Å²) in [6, 6.07) is 1.87. The molecule has 0 aliphatic rings. The van der Waals surface area contributed by atoms with Crippen molar-refractivity contribution < 1.29 is 28.3 Å². The summed E-state index contributed by atoms with van der Waals surface area (Å²) in [5, 5.41) is 12.1. The molecular formula is C23H28N4O6S2. The van der Waals surface area contributed by atoms with Crippen molar-refractivity contribution in [3.63, 3.8) is 0 Å². The molecule has 0 saturated heterocycles. The number of anilines is 1. The van der Waals surface area contributed by atoms with E-state index >= 15 is 0 Å². The smallest absolute Gasteiger partial charge is 0.348 e. The Bertz CT molecular complexity index is 1230. The first-order chi connectivity index (χ1) is 16.7. The Morgan fingerprint density at radius 2 is 1.83 bits per heavy atom. The lowest BCUT2D eigenvalue weighted by molar-refractivity contribution is -0.113. The third-order valence-corrected chi connectivity index (χ3v) is 7.08. The van der Waals surface area contributed by atoms with E-state index in [1.165, 1.54) is 11.8 Å². The third kappa shape index (κ3) is 5.76. The molecule has 0 fully saturated rings. The van der Waals surface area contributed by atoms with Gasteiger partial charge in [0.25, 0.3) is 0 Å². The summed E-state index contributed by atoms with van der Waals surface area (Å²) < 4.78 is 17.6. The van der Waals surface area contributed by atoms with Gasteiger partial charge in [-0.2, -0.15) is 0 Å². The second kappa shape index (κ2) is 11.5. The fourth-order valence-corrected chi connectivity index (χ4v) is 5.35. The summed E-state index contributed by atoms with van der Waals surface area (Å²) in [5.41, 5.74) is 1.40. The fraction of sp³-hybridized carbons (Fsp3) is 0.435. The molecule has 0 spiro atoms. The minimum Gasteiger partial charge on any atom is -0.469 e. The first-order valence-electron chi connectivity index (χ1n) is 11.1. The number of thioether (sulfide) groups is 1. The Kier molecular flexibility index (Phi) is 8.73. The summed E-state index contributed by atoms with van der Waals surface area (Å²) in [7, 11) is 0. The van der Waals surface area contributed by atoms with Crippen LogP contribution in [-0.4, -0.2) is 51.6 Å². The van der Waals surface area contributed by atoms with Crippen LogP contribution >= 0.6 is 23.1 Å². The number of amides is 1. The number of furan rings is 1. The molecule has 0 aliphatic heterocycles. The van der Waals surface area contributed by atoms with E-state index in [1.54, 1.807) is 27.0 Å². The molecule has 1 amide bonds. The molecule has 3 rings (SSSR count). The summed E-state index contributed by atoms with van der Waals surface area (Å²) in [6.45, 7) is 11.2. The second-order valence-corrected chi connectivity index (χ2v) is 9.66. The molecule has 0 unspecified atom stereocenters. The average molecular weight is 521 g/mol. The van der Waals surface area contributed by atoms with Gasteiger partial charge in [-0.25, -0.2) is 9.59 Å². The molecule has 35 heavy (non-hydrogen) atoms. The second-order valence-electron chi connectivity index (χ2n) is 7.70. The van der Waals surface area contributed by atoms with E-state index in [0.717, 1.165) is 22.7 Å². The van der Waals surface area contributed by atoms with Crippen molar-refractivity contribution in [1.82, 2.24) is 14.8 Å². The number of rotatable bonds is 10. The van der Waals surface area contributed by atoms with Gasteiger partial charge < -0.3 is 19.2 Å². The van der Waals surface area contributed by atoms with Crippen molar-refractivity contribution in [2.24, 2.45) is 0 Å². The lowest BCUT2D eigenvalue weighted by Gasteiger charge is -2.13. The number of aromatic nitrogens is 3. The molecule has 3 heterocycles. The summed E-state index contributed by atoms with van der Waals surface area (Å²) >= 11 is 2.21. The van der Waals surface area contributed by atoms with Crippen LogP contribution in [-0.2, 0) is 14.3 Å². The maximum atomic E-state index is 12.8. The Morgan fingerprint density at radius 3 is 2.43 bits per heavy atom. The SMILES string of the molecule is CCOC(=O)c1sc(NC(=O)CSc2nnc(-c3ccoc3C)n2C(C)C)c(C(=O)OCC)c1C. The van der Waals surface area contributed by atoms with Gasteiger partial charge in [-0.05, 0) is 53.2 Å². The van der Waals surface area contributed by atoms with Gasteiger partial charge in [-0.1, -0.05) is 11.8 Å². The molecule has 0 atom stereocenters. The van der Waals surface area contributed by atoms with Crippen LogP contribution in [0, 0.1) is 13.8 Å². The van der Waals surface area contributed by atoms with Gasteiger partial charge in [0.2, 0.25) is 5.91 Å². The minimum atomic E-state index is -0.612. The fourth-order valence-electron chi connectivity index (χ4n) is 3.38. The van der Waals surface area contributed by atoms with Crippen molar-refractivity contribution in [3.8, 4) is 11.4 Å². The van der Waals surface area contributed by atoms with Crippen molar-refractivity contribution >= 4 is 45.9 Å². The highest BCUT2D eigenvalue weighted by atomic mass is 32.2. The number of hydrogen-bond acceptors (Lipinski definition) is 10. The molecule has 0 aromatic carbocycles. The Morgan fingerprint density at radius 1 is 1.14 bits per heavy atom. The molecule has 0 aliphatic carbocycles. The van der Waals surface area contributed by atoms with Crippen LogP contribution in [0.4, 0.5) is 5.00 Å². The first kappa shape index (κ1) is 26.5. The number of aryl methyl sites for hydroxylation is 1. The maximum absolute atomic E-state index is 12.8. The van der Waals surface area contributed by atoms with Crippen molar-refractivity contribution in [2.45, 2.75) is 52.7 Å². The van der Waals surface area contributed by atoms with Gasteiger partial charge >= 0.3 is 11.9 Å². The lowest BCUT2D eigenvalue weighted by atomic mass is 10.1. The molecule has 0 saturated carbocycles. The van der Waals surface area contributed by atoms with E-state index in [0.29, 0.717) is 16.5 Å². The standard InChI is InChI=1S/C23H28N4O6S2/c1-7-31-21(29)17-13(5)18(22(30)32-8-2)35-20(17)24-16(28)11-34-23-26-25-19(27(23)12(3)4)15-9-10-33-14(15)6/h9-10,12H,7-8,11H2,1-6H3,(H,24,28). The monoisotopic (exact) mass is 520 g/mol. The van der Waals surface area contributed by atoms with Gasteiger partial charge in [-0.15, -0.1) is 21.5 Å². The molecular weight excluding hydrogens is 492 g/mol. The average Bonchev–Trinajstić information content (AvgIpc) is 3.49. The predicted molar refractivity (Wildman–Crippen MR) is 133 cm³/mol. The minimum absolute atomic E-state index is 0.0170. The highest BCUT2D eigenvalue weighted by Crippen LogP contribution is 2.35. The maximum Gasteiger partial charge on any atom is 0.348 e. The molecule has 3 aromatic rings. The zero-order valence-corrected chi connectivity index (χ0v) is 22.1. The highest BCUT2D eigenvalue weighted by Gasteiger charge is 2.27. The van der Waals surface area contributed by atoms with Crippen LogP contribution in [0.25, 0.3) is 11.4 Å². The van der Waals surface area contributed by atoms with Crippen LogP contribution in [0.15, 0.2) is 21.9 Å². The number of ether oxygens (including phenoxy) is 2. The number of carbonyl (C=O) groups excluding carboxylic acids is 3. The van der Waals surface area contributed by atoms with Gasteiger partial charge in [0, 0.05) is 6.04 Å². The van der Waals surface area contributed by atoms with Crippen molar-refractivity contribution in [1.29, 1.82) is 0 Å². The van der Waals surface area contributed by atoms with E-state index in [4.69, 9.17) is 13.9 Å². The number of esters is 2.